The number of carbonyl (C=O) groups excluding carboxylic acids is 1. The second kappa shape index (κ2) is 9.85. The zero-order valence-corrected chi connectivity index (χ0v) is 18.8. The van der Waals surface area contributed by atoms with Crippen molar-refractivity contribution in [3.05, 3.63) is 59.5 Å². The Morgan fingerprint density at radius 1 is 1.09 bits per heavy atom. The van der Waals surface area contributed by atoms with Crippen LogP contribution in [-0.2, 0) is 11.2 Å². The van der Waals surface area contributed by atoms with Gasteiger partial charge in [-0.05, 0) is 51.3 Å². The first-order valence-electron chi connectivity index (χ1n) is 11.2. The largest absolute Gasteiger partial charge is 0.490 e. The zero-order valence-electron chi connectivity index (χ0n) is 18.8. The Labute approximate surface area is 188 Å². The topological polar surface area (TPSA) is 77.7 Å². The van der Waals surface area contributed by atoms with E-state index in [-0.39, 0.29) is 18.4 Å². The molecular weight excluding hydrogens is 406 g/mol. The van der Waals surface area contributed by atoms with Crippen LogP contribution in [0.2, 0.25) is 0 Å². The highest BCUT2D eigenvalue weighted by molar-refractivity contribution is 5.79. The molecule has 0 spiro atoms. The van der Waals surface area contributed by atoms with Crippen molar-refractivity contribution in [2.45, 2.75) is 46.1 Å². The molecule has 1 atom stereocenters. The molecule has 1 aromatic heterocycles. The summed E-state index contributed by atoms with van der Waals surface area (Å²) >= 11 is 0. The molecule has 168 valence electrons. The summed E-state index contributed by atoms with van der Waals surface area (Å²) in [6.07, 6.45) is 2.00. The average Bonchev–Trinajstić information content (AvgIpc) is 3.46. The van der Waals surface area contributed by atoms with Crippen LogP contribution in [0.3, 0.4) is 0 Å². The summed E-state index contributed by atoms with van der Waals surface area (Å²) in [7, 11) is 0. The molecule has 32 heavy (non-hydrogen) atoms. The van der Waals surface area contributed by atoms with Crippen LogP contribution in [-0.4, -0.2) is 40.7 Å². The van der Waals surface area contributed by atoms with Crippen LogP contribution < -0.4 is 9.47 Å². The molecule has 1 amide bonds. The number of rotatable bonds is 8. The quantitative estimate of drug-likeness (QED) is 0.508. The average molecular weight is 436 g/mol. The fourth-order valence-corrected chi connectivity index (χ4v) is 3.99. The third-order valence-corrected chi connectivity index (χ3v) is 5.57. The van der Waals surface area contributed by atoms with Gasteiger partial charge in [0.1, 0.15) is 6.04 Å². The number of aryl methyl sites for hydroxylation is 1. The van der Waals surface area contributed by atoms with Crippen molar-refractivity contribution in [3.63, 3.8) is 0 Å². The maximum Gasteiger partial charge on any atom is 0.249 e. The first-order valence-corrected chi connectivity index (χ1v) is 11.2. The van der Waals surface area contributed by atoms with Gasteiger partial charge >= 0.3 is 0 Å². The summed E-state index contributed by atoms with van der Waals surface area (Å²) in [5.74, 6) is 2.44. The minimum Gasteiger partial charge on any atom is -0.490 e. The van der Waals surface area contributed by atoms with Gasteiger partial charge in [0.05, 0.1) is 19.6 Å². The lowest BCUT2D eigenvalue weighted by Crippen LogP contribution is -2.32. The van der Waals surface area contributed by atoms with Crippen LogP contribution in [0.15, 0.2) is 47.0 Å². The molecule has 1 saturated heterocycles. The fraction of sp³-hybridized carbons (Fsp3) is 0.400. The summed E-state index contributed by atoms with van der Waals surface area (Å²) in [4.78, 5) is 19.6. The van der Waals surface area contributed by atoms with Crippen LogP contribution in [0, 0.1) is 6.92 Å². The number of amides is 1. The van der Waals surface area contributed by atoms with Crippen molar-refractivity contribution in [1.29, 1.82) is 0 Å². The molecule has 0 N–H and O–H groups in total. The molecular formula is C25H29N3O4. The zero-order chi connectivity index (χ0) is 22.5. The van der Waals surface area contributed by atoms with Gasteiger partial charge in [-0.1, -0.05) is 41.1 Å². The number of carbonyl (C=O) groups is 1. The highest BCUT2D eigenvalue weighted by atomic mass is 16.5. The molecule has 0 aliphatic carbocycles. The second-order valence-electron chi connectivity index (χ2n) is 7.89. The van der Waals surface area contributed by atoms with E-state index >= 15 is 0 Å². The summed E-state index contributed by atoms with van der Waals surface area (Å²) in [5.41, 5.74) is 2.96. The van der Waals surface area contributed by atoms with Crippen LogP contribution in [0.1, 0.15) is 49.7 Å². The number of benzene rings is 2. The van der Waals surface area contributed by atoms with E-state index in [4.69, 9.17) is 14.0 Å². The van der Waals surface area contributed by atoms with Gasteiger partial charge in [0.15, 0.2) is 11.5 Å². The van der Waals surface area contributed by atoms with E-state index in [1.54, 1.807) is 0 Å². The molecule has 1 aliphatic rings. The van der Waals surface area contributed by atoms with Gasteiger partial charge in [0.2, 0.25) is 17.6 Å². The number of ether oxygens (including phenoxy) is 2. The molecule has 1 fully saturated rings. The number of hydrogen-bond acceptors (Lipinski definition) is 6. The van der Waals surface area contributed by atoms with E-state index in [0.29, 0.717) is 43.0 Å². The Morgan fingerprint density at radius 2 is 1.84 bits per heavy atom. The Kier molecular flexibility index (Phi) is 6.73. The van der Waals surface area contributed by atoms with Gasteiger partial charge in [-0.25, -0.2) is 0 Å². The Morgan fingerprint density at radius 3 is 2.59 bits per heavy atom. The third kappa shape index (κ3) is 4.77. The standard InChI is InChI=1S/C25H29N3O4/c1-4-30-21-13-10-18(15-22(21)31-5-2)16-23(29)28-14-6-7-20(28)25-26-24(27-32-25)19-11-8-17(3)9-12-19/h8-13,15,20H,4-7,14,16H2,1-3H3/t20-/m1/s1. The smallest absolute Gasteiger partial charge is 0.249 e. The Hall–Kier alpha value is -3.35. The molecule has 2 heterocycles. The van der Waals surface area contributed by atoms with Gasteiger partial charge in [0, 0.05) is 12.1 Å². The monoisotopic (exact) mass is 435 g/mol. The van der Waals surface area contributed by atoms with Crippen LogP contribution in [0.4, 0.5) is 0 Å². The van der Waals surface area contributed by atoms with E-state index in [2.05, 4.69) is 10.1 Å². The summed E-state index contributed by atoms with van der Waals surface area (Å²) in [6.45, 7) is 7.67. The lowest BCUT2D eigenvalue weighted by molar-refractivity contribution is -0.131. The predicted octanol–water partition coefficient (Wildman–Crippen LogP) is 4.75. The highest BCUT2D eigenvalue weighted by Crippen LogP contribution is 2.34. The molecule has 7 heteroatoms. The molecule has 0 radical (unpaired) electrons. The molecule has 0 bridgehead atoms. The summed E-state index contributed by atoms with van der Waals surface area (Å²) in [6, 6.07) is 13.5. The van der Waals surface area contributed by atoms with E-state index in [9.17, 15) is 4.79 Å². The number of aromatic nitrogens is 2. The minimum absolute atomic E-state index is 0.0363. The lowest BCUT2D eigenvalue weighted by Gasteiger charge is -2.22. The minimum atomic E-state index is -0.191. The molecule has 1 aliphatic heterocycles. The van der Waals surface area contributed by atoms with Crippen molar-refractivity contribution in [3.8, 4) is 22.9 Å². The van der Waals surface area contributed by atoms with Gasteiger partial charge in [-0.2, -0.15) is 4.98 Å². The maximum atomic E-state index is 13.2. The Balaban J connectivity index is 1.48. The van der Waals surface area contributed by atoms with Crippen molar-refractivity contribution in [2.75, 3.05) is 19.8 Å². The molecule has 7 nitrogen and oxygen atoms in total. The SMILES string of the molecule is CCOc1ccc(CC(=O)N2CCC[C@@H]2c2nc(-c3ccc(C)cc3)no2)cc1OCC. The van der Waals surface area contributed by atoms with Gasteiger partial charge in [0.25, 0.3) is 0 Å². The molecule has 2 aromatic carbocycles. The summed E-state index contributed by atoms with van der Waals surface area (Å²) in [5, 5.41) is 4.14. The number of nitrogens with zero attached hydrogens (tertiary/aromatic N) is 3. The number of hydrogen-bond donors (Lipinski definition) is 0. The van der Waals surface area contributed by atoms with Crippen LogP contribution in [0.25, 0.3) is 11.4 Å². The van der Waals surface area contributed by atoms with E-state index < -0.39 is 0 Å². The van der Waals surface area contributed by atoms with Crippen molar-refractivity contribution < 1.29 is 18.8 Å². The van der Waals surface area contributed by atoms with Gasteiger partial charge in [-0.15, -0.1) is 0 Å². The Bertz CT molecular complexity index is 1060. The first-order chi connectivity index (χ1) is 15.6. The normalized spacial score (nSPS) is 15.7. The van der Waals surface area contributed by atoms with Crippen molar-refractivity contribution in [1.82, 2.24) is 15.0 Å². The maximum absolute atomic E-state index is 13.2. The molecule has 3 aromatic rings. The second-order valence-corrected chi connectivity index (χ2v) is 7.89. The number of likely N-dealkylation sites (tertiary alicyclic amines) is 1. The molecule has 0 unspecified atom stereocenters. The van der Waals surface area contributed by atoms with E-state index in [1.165, 1.54) is 5.56 Å². The third-order valence-electron chi connectivity index (χ3n) is 5.57. The van der Waals surface area contributed by atoms with Gasteiger partial charge < -0.3 is 18.9 Å². The lowest BCUT2D eigenvalue weighted by atomic mass is 10.1. The van der Waals surface area contributed by atoms with Crippen LogP contribution in [0.5, 0.6) is 11.5 Å². The molecule has 4 rings (SSSR count). The predicted molar refractivity (Wildman–Crippen MR) is 121 cm³/mol. The van der Waals surface area contributed by atoms with E-state index in [1.807, 2.05) is 68.1 Å². The fourth-order valence-electron chi connectivity index (χ4n) is 3.99. The first kappa shape index (κ1) is 21.9. The highest BCUT2D eigenvalue weighted by Gasteiger charge is 2.34. The van der Waals surface area contributed by atoms with Crippen LogP contribution >= 0.6 is 0 Å². The molecule has 0 saturated carbocycles. The van der Waals surface area contributed by atoms with Gasteiger partial charge in [-0.3, -0.25) is 4.79 Å². The van der Waals surface area contributed by atoms with Crippen molar-refractivity contribution >= 4 is 5.91 Å². The van der Waals surface area contributed by atoms with Crippen molar-refractivity contribution in [2.24, 2.45) is 0 Å². The summed E-state index contributed by atoms with van der Waals surface area (Å²) < 4.78 is 16.9. The van der Waals surface area contributed by atoms with E-state index in [0.717, 1.165) is 24.0 Å².